The Kier molecular flexibility index (Phi) is 2.14. The third kappa shape index (κ3) is 1.50. The van der Waals surface area contributed by atoms with Crippen LogP contribution in [0.2, 0.25) is 10.2 Å². The summed E-state index contributed by atoms with van der Waals surface area (Å²) in [5.41, 5.74) is 1.87. The van der Waals surface area contributed by atoms with Crippen molar-refractivity contribution in [1.82, 2.24) is 4.98 Å². The fraction of sp³-hybridized carbons (Fsp3) is 0.100. The van der Waals surface area contributed by atoms with Gasteiger partial charge in [-0.3, -0.25) is 0 Å². The summed E-state index contributed by atoms with van der Waals surface area (Å²) in [5, 5.41) is 2.18. The number of hydrogen-bond donors (Lipinski definition) is 0. The molecule has 1 nitrogen and oxygen atoms in total. The summed E-state index contributed by atoms with van der Waals surface area (Å²) in [6, 6.07) is 7.54. The van der Waals surface area contributed by atoms with Crippen molar-refractivity contribution in [3.05, 3.63) is 40.0 Å². The molecule has 0 amide bonds. The molecule has 2 rings (SSSR count). The molecular weight excluding hydrogens is 205 g/mol. The van der Waals surface area contributed by atoms with E-state index in [0.717, 1.165) is 16.5 Å². The summed E-state index contributed by atoms with van der Waals surface area (Å²) in [5.74, 6) is 0. The quantitative estimate of drug-likeness (QED) is 0.604. The van der Waals surface area contributed by atoms with Crippen molar-refractivity contribution >= 4 is 34.1 Å². The lowest BCUT2D eigenvalue weighted by atomic mass is 10.1. The summed E-state index contributed by atoms with van der Waals surface area (Å²) in [4.78, 5) is 4.17. The Bertz CT molecular complexity index is 466. The van der Waals surface area contributed by atoms with Gasteiger partial charge in [-0.25, -0.2) is 4.98 Å². The van der Waals surface area contributed by atoms with Crippen LogP contribution in [0.3, 0.4) is 0 Å². The third-order valence-electron chi connectivity index (χ3n) is 1.97. The molecule has 0 aliphatic carbocycles. The highest BCUT2D eigenvalue weighted by Crippen LogP contribution is 2.25. The highest BCUT2D eigenvalue weighted by atomic mass is 35.5. The Morgan fingerprint density at radius 2 is 2.00 bits per heavy atom. The normalized spacial score (nSPS) is 10.7. The molecule has 2 aromatic rings. The lowest BCUT2D eigenvalue weighted by Gasteiger charge is -2.03. The van der Waals surface area contributed by atoms with Gasteiger partial charge in [-0.15, -0.1) is 0 Å². The average molecular weight is 212 g/mol. The Labute approximate surface area is 86.3 Å². The standard InChI is InChI=1S/C10H7Cl2N/c1-6-5-9(12)13-10-7(6)3-2-4-8(10)11/h2-5H,1H3. The second kappa shape index (κ2) is 3.17. The second-order valence-electron chi connectivity index (χ2n) is 2.90. The topological polar surface area (TPSA) is 12.9 Å². The van der Waals surface area contributed by atoms with Crippen molar-refractivity contribution in [2.45, 2.75) is 6.92 Å². The highest BCUT2D eigenvalue weighted by molar-refractivity contribution is 6.35. The van der Waals surface area contributed by atoms with E-state index in [4.69, 9.17) is 23.2 Å². The maximum atomic E-state index is 5.98. The molecule has 0 aliphatic heterocycles. The number of fused-ring (bicyclic) bond motifs is 1. The number of rotatable bonds is 0. The van der Waals surface area contributed by atoms with Crippen molar-refractivity contribution in [1.29, 1.82) is 0 Å². The molecule has 0 spiro atoms. The number of halogens is 2. The van der Waals surface area contributed by atoms with E-state index in [-0.39, 0.29) is 0 Å². The molecule has 3 heteroatoms. The first-order valence-corrected chi connectivity index (χ1v) is 4.65. The minimum Gasteiger partial charge on any atom is -0.235 e. The fourth-order valence-corrected chi connectivity index (χ4v) is 1.81. The van der Waals surface area contributed by atoms with Crippen molar-refractivity contribution in [3.8, 4) is 0 Å². The van der Waals surface area contributed by atoms with Gasteiger partial charge >= 0.3 is 0 Å². The van der Waals surface area contributed by atoms with Gasteiger partial charge < -0.3 is 0 Å². The van der Waals surface area contributed by atoms with E-state index in [1.807, 2.05) is 31.2 Å². The number of aryl methyl sites for hydroxylation is 1. The molecular formula is C10H7Cl2N. The summed E-state index contributed by atoms with van der Waals surface area (Å²) >= 11 is 11.8. The van der Waals surface area contributed by atoms with Gasteiger partial charge in [0.2, 0.25) is 0 Å². The molecule has 0 unspecified atom stereocenters. The van der Waals surface area contributed by atoms with E-state index >= 15 is 0 Å². The highest BCUT2D eigenvalue weighted by Gasteiger charge is 2.03. The molecule has 1 heterocycles. The molecule has 13 heavy (non-hydrogen) atoms. The summed E-state index contributed by atoms with van der Waals surface area (Å²) in [6.45, 7) is 1.99. The number of benzene rings is 1. The van der Waals surface area contributed by atoms with Crippen LogP contribution in [0, 0.1) is 6.92 Å². The minimum absolute atomic E-state index is 0.484. The molecule has 1 aromatic carbocycles. The van der Waals surface area contributed by atoms with Crippen molar-refractivity contribution in [2.24, 2.45) is 0 Å². The Balaban J connectivity index is 2.94. The van der Waals surface area contributed by atoms with Crippen LogP contribution in [0.25, 0.3) is 10.9 Å². The van der Waals surface area contributed by atoms with Gasteiger partial charge in [0.1, 0.15) is 5.15 Å². The third-order valence-corrected chi connectivity index (χ3v) is 2.46. The van der Waals surface area contributed by atoms with Crippen LogP contribution < -0.4 is 0 Å². The van der Waals surface area contributed by atoms with Crippen LogP contribution in [-0.2, 0) is 0 Å². The predicted octanol–water partition coefficient (Wildman–Crippen LogP) is 3.85. The lowest BCUT2D eigenvalue weighted by Crippen LogP contribution is -1.84. The number of aromatic nitrogens is 1. The van der Waals surface area contributed by atoms with Crippen LogP contribution in [-0.4, -0.2) is 4.98 Å². The smallest absolute Gasteiger partial charge is 0.130 e. The van der Waals surface area contributed by atoms with Crippen LogP contribution in [0.15, 0.2) is 24.3 Å². The van der Waals surface area contributed by atoms with Gasteiger partial charge in [-0.1, -0.05) is 35.3 Å². The summed E-state index contributed by atoms with van der Waals surface area (Å²) < 4.78 is 0. The van der Waals surface area contributed by atoms with Gasteiger partial charge in [-0.05, 0) is 24.6 Å². The van der Waals surface area contributed by atoms with Gasteiger partial charge in [0.15, 0.2) is 0 Å². The van der Waals surface area contributed by atoms with Crippen molar-refractivity contribution in [2.75, 3.05) is 0 Å². The van der Waals surface area contributed by atoms with E-state index in [1.54, 1.807) is 0 Å². The minimum atomic E-state index is 0.484. The molecule has 0 atom stereocenters. The van der Waals surface area contributed by atoms with Crippen LogP contribution in [0.1, 0.15) is 5.56 Å². The van der Waals surface area contributed by atoms with Gasteiger partial charge in [-0.2, -0.15) is 0 Å². The second-order valence-corrected chi connectivity index (χ2v) is 3.69. The lowest BCUT2D eigenvalue weighted by molar-refractivity contribution is 1.37. The Hall–Kier alpha value is -0.790. The molecule has 0 radical (unpaired) electrons. The van der Waals surface area contributed by atoms with Gasteiger partial charge in [0.05, 0.1) is 10.5 Å². The van der Waals surface area contributed by atoms with Gasteiger partial charge in [0.25, 0.3) is 0 Å². The molecule has 0 saturated heterocycles. The summed E-state index contributed by atoms with van der Waals surface area (Å²) in [7, 11) is 0. The zero-order valence-electron chi connectivity index (χ0n) is 7.01. The number of hydrogen-bond acceptors (Lipinski definition) is 1. The average Bonchev–Trinajstić information content (AvgIpc) is 2.07. The Morgan fingerprint density at radius 3 is 2.77 bits per heavy atom. The monoisotopic (exact) mass is 211 g/mol. The van der Waals surface area contributed by atoms with E-state index < -0.39 is 0 Å². The van der Waals surface area contributed by atoms with E-state index in [9.17, 15) is 0 Å². The fourth-order valence-electron chi connectivity index (χ4n) is 1.34. The first kappa shape index (κ1) is 8.79. The summed E-state index contributed by atoms with van der Waals surface area (Å²) in [6.07, 6.45) is 0. The number of para-hydroxylation sites is 1. The molecule has 0 bridgehead atoms. The van der Waals surface area contributed by atoms with Crippen LogP contribution >= 0.6 is 23.2 Å². The first-order valence-electron chi connectivity index (χ1n) is 3.90. The maximum absolute atomic E-state index is 5.98. The zero-order valence-corrected chi connectivity index (χ0v) is 8.52. The molecule has 0 saturated carbocycles. The van der Waals surface area contributed by atoms with Crippen LogP contribution in [0.5, 0.6) is 0 Å². The van der Waals surface area contributed by atoms with E-state index in [1.165, 1.54) is 0 Å². The molecule has 1 aromatic heterocycles. The van der Waals surface area contributed by atoms with Crippen molar-refractivity contribution < 1.29 is 0 Å². The molecule has 0 fully saturated rings. The zero-order chi connectivity index (χ0) is 9.42. The van der Waals surface area contributed by atoms with Crippen molar-refractivity contribution in [3.63, 3.8) is 0 Å². The van der Waals surface area contributed by atoms with E-state index in [0.29, 0.717) is 10.2 Å². The molecule has 66 valence electrons. The van der Waals surface area contributed by atoms with Gasteiger partial charge in [0, 0.05) is 5.39 Å². The molecule has 0 aliphatic rings. The number of nitrogens with zero attached hydrogens (tertiary/aromatic N) is 1. The number of pyridine rings is 1. The van der Waals surface area contributed by atoms with E-state index in [2.05, 4.69) is 4.98 Å². The SMILES string of the molecule is Cc1cc(Cl)nc2c(Cl)cccc12. The predicted molar refractivity (Wildman–Crippen MR) is 56.5 cm³/mol. The van der Waals surface area contributed by atoms with Crippen LogP contribution in [0.4, 0.5) is 0 Å². The molecule has 0 N–H and O–H groups in total. The Morgan fingerprint density at radius 1 is 1.23 bits per heavy atom. The first-order chi connectivity index (χ1) is 6.18. The largest absolute Gasteiger partial charge is 0.235 e. The maximum Gasteiger partial charge on any atom is 0.130 e.